The van der Waals surface area contributed by atoms with Crippen molar-refractivity contribution in [3.05, 3.63) is 29.8 Å². The van der Waals surface area contributed by atoms with Crippen molar-refractivity contribution < 1.29 is 14.7 Å². The fraction of sp³-hybridized carbons (Fsp3) is 0.500. The first kappa shape index (κ1) is 14.4. The maximum absolute atomic E-state index is 12.8. The minimum absolute atomic E-state index is 0.0604. The number of carbonyl (C=O) groups excluding carboxylic acids is 1. The molecule has 0 spiro atoms. The number of carbonyl (C=O) groups is 2. The second-order valence-electron chi connectivity index (χ2n) is 5.79. The lowest BCUT2D eigenvalue weighted by Gasteiger charge is -2.33. The molecule has 2 aliphatic heterocycles. The summed E-state index contributed by atoms with van der Waals surface area (Å²) in [5.74, 6) is 0.246. The van der Waals surface area contributed by atoms with Crippen molar-refractivity contribution in [3.63, 3.8) is 0 Å². The Morgan fingerprint density at radius 1 is 1.33 bits per heavy atom. The minimum atomic E-state index is -0.768. The fourth-order valence-electron chi connectivity index (χ4n) is 3.27. The van der Waals surface area contributed by atoms with Gasteiger partial charge in [0.05, 0.1) is 5.92 Å². The molecule has 0 saturated carbocycles. The van der Waals surface area contributed by atoms with Gasteiger partial charge in [0.2, 0.25) is 5.91 Å². The lowest BCUT2D eigenvalue weighted by molar-refractivity contribution is -0.141. The average Bonchev–Trinajstić information content (AvgIpc) is 2.90. The van der Waals surface area contributed by atoms with Gasteiger partial charge in [-0.05, 0) is 30.4 Å². The Hall–Kier alpha value is -1.49. The van der Waals surface area contributed by atoms with Gasteiger partial charge in [0.1, 0.15) is 0 Å². The largest absolute Gasteiger partial charge is 0.481 e. The molecule has 1 aromatic rings. The summed E-state index contributed by atoms with van der Waals surface area (Å²) in [6, 6.07) is 8.09. The van der Waals surface area contributed by atoms with Gasteiger partial charge in [-0.15, -0.1) is 11.8 Å². The zero-order chi connectivity index (χ0) is 14.8. The predicted molar refractivity (Wildman–Crippen MR) is 81.5 cm³/mol. The van der Waals surface area contributed by atoms with Gasteiger partial charge in [0, 0.05) is 30.2 Å². The molecule has 1 fully saturated rings. The molecule has 2 atom stereocenters. The molecule has 4 nitrogen and oxygen atoms in total. The minimum Gasteiger partial charge on any atom is -0.481 e. The first-order chi connectivity index (χ1) is 10.1. The summed E-state index contributed by atoms with van der Waals surface area (Å²) in [5.41, 5.74) is 1.13. The molecule has 0 aromatic heterocycles. The monoisotopic (exact) mass is 305 g/mol. The molecule has 1 N–H and O–H groups in total. The standard InChI is InChI=1S/C16H19NO3S/c18-15(19)8-11-4-3-7-17(9-11)16(20)13-10-21-14-6-2-1-5-12(13)14/h1-2,5-6,11,13H,3-4,7-10H2,(H,18,19). The molecule has 112 valence electrons. The van der Waals surface area contributed by atoms with E-state index in [9.17, 15) is 9.59 Å². The van der Waals surface area contributed by atoms with Crippen LogP contribution in [0.4, 0.5) is 0 Å². The SMILES string of the molecule is O=C(O)CC1CCCN(C(=O)C2CSc3ccccc32)C1. The highest BCUT2D eigenvalue weighted by Crippen LogP contribution is 2.40. The lowest BCUT2D eigenvalue weighted by Crippen LogP contribution is -2.43. The van der Waals surface area contributed by atoms with Crippen LogP contribution < -0.4 is 0 Å². The number of benzene rings is 1. The third kappa shape index (κ3) is 3.07. The molecule has 1 amide bonds. The number of fused-ring (bicyclic) bond motifs is 1. The van der Waals surface area contributed by atoms with Crippen LogP contribution in [0.5, 0.6) is 0 Å². The third-order valence-electron chi connectivity index (χ3n) is 4.29. The fourth-order valence-corrected chi connectivity index (χ4v) is 4.49. The van der Waals surface area contributed by atoms with E-state index in [-0.39, 0.29) is 24.2 Å². The molecule has 0 radical (unpaired) electrons. The van der Waals surface area contributed by atoms with Crippen LogP contribution in [0.25, 0.3) is 0 Å². The smallest absolute Gasteiger partial charge is 0.303 e. The first-order valence-electron chi connectivity index (χ1n) is 7.37. The highest BCUT2D eigenvalue weighted by Gasteiger charge is 2.34. The highest BCUT2D eigenvalue weighted by atomic mass is 32.2. The van der Waals surface area contributed by atoms with Crippen LogP contribution in [-0.2, 0) is 9.59 Å². The maximum atomic E-state index is 12.8. The molecular formula is C16H19NO3S. The van der Waals surface area contributed by atoms with E-state index in [1.165, 1.54) is 4.90 Å². The van der Waals surface area contributed by atoms with Gasteiger partial charge in [-0.2, -0.15) is 0 Å². The summed E-state index contributed by atoms with van der Waals surface area (Å²) in [6.45, 7) is 1.35. The van der Waals surface area contributed by atoms with Crippen molar-refractivity contribution in [2.45, 2.75) is 30.1 Å². The number of aliphatic carboxylic acids is 1. The highest BCUT2D eigenvalue weighted by molar-refractivity contribution is 7.99. The molecule has 2 unspecified atom stereocenters. The van der Waals surface area contributed by atoms with E-state index in [4.69, 9.17) is 5.11 Å². The van der Waals surface area contributed by atoms with Crippen LogP contribution in [0.2, 0.25) is 0 Å². The molecular weight excluding hydrogens is 286 g/mol. The summed E-state index contributed by atoms with van der Waals surface area (Å²) in [7, 11) is 0. The molecule has 0 bridgehead atoms. The number of hydrogen-bond donors (Lipinski definition) is 1. The summed E-state index contributed by atoms with van der Waals surface area (Å²) >= 11 is 1.74. The van der Waals surface area contributed by atoms with E-state index in [1.807, 2.05) is 23.1 Å². The Labute approximate surface area is 128 Å². The molecule has 21 heavy (non-hydrogen) atoms. The number of rotatable bonds is 3. The number of amides is 1. The van der Waals surface area contributed by atoms with Crippen LogP contribution in [0.15, 0.2) is 29.2 Å². The Bertz CT molecular complexity index is 560. The van der Waals surface area contributed by atoms with Crippen LogP contribution in [0.1, 0.15) is 30.7 Å². The molecule has 1 saturated heterocycles. The van der Waals surface area contributed by atoms with Gasteiger partial charge in [-0.25, -0.2) is 0 Å². The second-order valence-corrected chi connectivity index (χ2v) is 6.85. The van der Waals surface area contributed by atoms with Crippen LogP contribution in [0.3, 0.4) is 0 Å². The number of piperidine rings is 1. The average molecular weight is 305 g/mol. The van der Waals surface area contributed by atoms with E-state index in [0.29, 0.717) is 6.54 Å². The van der Waals surface area contributed by atoms with E-state index >= 15 is 0 Å². The summed E-state index contributed by atoms with van der Waals surface area (Å²) < 4.78 is 0. The lowest BCUT2D eigenvalue weighted by atomic mass is 9.92. The number of thioether (sulfide) groups is 1. The first-order valence-corrected chi connectivity index (χ1v) is 8.36. The molecule has 0 aliphatic carbocycles. The van der Waals surface area contributed by atoms with Gasteiger partial charge in [0.25, 0.3) is 0 Å². The van der Waals surface area contributed by atoms with E-state index < -0.39 is 5.97 Å². The van der Waals surface area contributed by atoms with Crippen molar-refractivity contribution in [2.24, 2.45) is 5.92 Å². The maximum Gasteiger partial charge on any atom is 0.303 e. The quantitative estimate of drug-likeness (QED) is 0.932. The number of carboxylic acids is 1. The number of nitrogens with zero attached hydrogens (tertiary/aromatic N) is 1. The van der Waals surface area contributed by atoms with Crippen molar-refractivity contribution in [3.8, 4) is 0 Å². The van der Waals surface area contributed by atoms with Gasteiger partial charge in [0.15, 0.2) is 0 Å². The summed E-state index contributed by atoms with van der Waals surface area (Å²) in [5, 5.41) is 8.93. The topological polar surface area (TPSA) is 57.6 Å². The van der Waals surface area contributed by atoms with Crippen molar-refractivity contribution in [1.82, 2.24) is 4.90 Å². The zero-order valence-electron chi connectivity index (χ0n) is 11.8. The van der Waals surface area contributed by atoms with Gasteiger partial charge in [-0.3, -0.25) is 9.59 Å². The molecule has 2 heterocycles. The molecule has 5 heteroatoms. The number of hydrogen-bond acceptors (Lipinski definition) is 3. The Morgan fingerprint density at radius 3 is 2.95 bits per heavy atom. The Morgan fingerprint density at radius 2 is 2.14 bits per heavy atom. The van der Waals surface area contributed by atoms with Gasteiger partial charge in [-0.1, -0.05) is 18.2 Å². The van der Waals surface area contributed by atoms with Crippen LogP contribution >= 0.6 is 11.8 Å². The zero-order valence-corrected chi connectivity index (χ0v) is 12.6. The third-order valence-corrected chi connectivity index (χ3v) is 5.47. The van der Waals surface area contributed by atoms with Crippen molar-refractivity contribution >= 4 is 23.6 Å². The predicted octanol–water partition coefficient (Wildman–Crippen LogP) is 2.59. The molecule has 2 aliphatic rings. The normalized spacial score (nSPS) is 24.7. The second kappa shape index (κ2) is 6.10. The van der Waals surface area contributed by atoms with Gasteiger partial charge >= 0.3 is 5.97 Å². The number of likely N-dealkylation sites (tertiary alicyclic amines) is 1. The van der Waals surface area contributed by atoms with Crippen molar-refractivity contribution in [1.29, 1.82) is 0 Å². The molecule has 3 rings (SSSR count). The van der Waals surface area contributed by atoms with E-state index in [1.54, 1.807) is 11.8 Å². The Balaban J connectivity index is 1.70. The van der Waals surface area contributed by atoms with E-state index in [0.717, 1.165) is 30.7 Å². The van der Waals surface area contributed by atoms with Crippen LogP contribution in [0, 0.1) is 5.92 Å². The van der Waals surface area contributed by atoms with Crippen LogP contribution in [-0.4, -0.2) is 40.7 Å². The molecule has 1 aromatic carbocycles. The van der Waals surface area contributed by atoms with E-state index in [2.05, 4.69) is 6.07 Å². The van der Waals surface area contributed by atoms with Crippen molar-refractivity contribution in [2.75, 3.05) is 18.8 Å². The Kier molecular flexibility index (Phi) is 4.19. The van der Waals surface area contributed by atoms with Gasteiger partial charge < -0.3 is 10.0 Å². The number of carboxylic acid groups (broad SMARTS) is 1. The summed E-state index contributed by atoms with van der Waals surface area (Å²) in [4.78, 5) is 26.7. The summed E-state index contributed by atoms with van der Waals surface area (Å²) in [6.07, 6.45) is 1.98.